The molecular weight excluding hydrogens is 315 g/mol. The van der Waals surface area contributed by atoms with E-state index in [4.69, 9.17) is 11.6 Å². The molecule has 0 aliphatic heterocycles. The van der Waals surface area contributed by atoms with Crippen molar-refractivity contribution in [2.45, 2.75) is 15.9 Å². The summed E-state index contributed by atoms with van der Waals surface area (Å²) < 4.78 is 13.4. The van der Waals surface area contributed by atoms with Gasteiger partial charge in [0.25, 0.3) is 0 Å². The van der Waals surface area contributed by atoms with Gasteiger partial charge in [-0.15, -0.1) is 23.5 Å². The van der Waals surface area contributed by atoms with Gasteiger partial charge in [0, 0.05) is 21.3 Å². The smallest absolute Gasteiger partial charge is 0.136 e. The molecule has 1 N–H and O–H groups in total. The van der Waals surface area contributed by atoms with E-state index in [1.807, 2.05) is 24.3 Å². The van der Waals surface area contributed by atoms with E-state index in [1.165, 1.54) is 29.6 Å². The van der Waals surface area contributed by atoms with Crippen LogP contribution >= 0.6 is 35.1 Å². The van der Waals surface area contributed by atoms with Crippen molar-refractivity contribution < 1.29 is 9.50 Å². The fourth-order valence-electron chi connectivity index (χ4n) is 1.54. The van der Waals surface area contributed by atoms with E-state index in [1.54, 1.807) is 18.2 Å². The maximum Gasteiger partial charge on any atom is 0.136 e. The minimum Gasteiger partial charge on any atom is -0.391 e. The molecule has 0 saturated heterocycles. The van der Waals surface area contributed by atoms with Gasteiger partial charge in [-0.2, -0.15) is 0 Å². The topological polar surface area (TPSA) is 20.2 Å². The monoisotopic (exact) mass is 328 g/mol. The van der Waals surface area contributed by atoms with Crippen molar-refractivity contribution in [3.05, 3.63) is 59.4 Å². The third-order valence-corrected chi connectivity index (χ3v) is 5.39. The first-order valence-electron chi connectivity index (χ1n) is 6.09. The lowest BCUT2D eigenvalue weighted by Gasteiger charge is -2.11. The van der Waals surface area contributed by atoms with Crippen LogP contribution in [-0.4, -0.2) is 22.7 Å². The molecule has 0 radical (unpaired) electrons. The highest BCUT2D eigenvalue weighted by Gasteiger charge is 2.09. The van der Waals surface area contributed by atoms with E-state index in [0.29, 0.717) is 21.4 Å². The summed E-state index contributed by atoms with van der Waals surface area (Å²) in [7, 11) is 0. The highest BCUT2D eigenvalue weighted by Crippen LogP contribution is 2.28. The molecule has 0 heterocycles. The number of rotatable bonds is 6. The molecule has 0 amide bonds. The Kier molecular flexibility index (Phi) is 6.23. The van der Waals surface area contributed by atoms with Crippen molar-refractivity contribution in [3.8, 4) is 0 Å². The quantitative estimate of drug-likeness (QED) is 0.774. The van der Waals surface area contributed by atoms with Gasteiger partial charge in [0.05, 0.1) is 11.1 Å². The molecule has 106 valence electrons. The van der Waals surface area contributed by atoms with Crippen molar-refractivity contribution >= 4 is 35.1 Å². The predicted octanol–water partition coefficient (Wildman–Crippen LogP) is 4.72. The van der Waals surface area contributed by atoms with Gasteiger partial charge in [0.1, 0.15) is 5.82 Å². The SMILES string of the molecule is OC(CSc1ccccc1F)CSc1ccccc1Cl. The molecule has 1 atom stereocenters. The maximum atomic E-state index is 13.4. The Morgan fingerprint density at radius 1 is 0.950 bits per heavy atom. The Morgan fingerprint density at radius 3 is 2.15 bits per heavy atom. The summed E-state index contributed by atoms with van der Waals surface area (Å²) in [5, 5.41) is 10.6. The summed E-state index contributed by atoms with van der Waals surface area (Å²) in [6, 6.07) is 14.1. The van der Waals surface area contributed by atoms with Gasteiger partial charge < -0.3 is 5.11 Å². The van der Waals surface area contributed by atoms with Crippen LogP contribution in [0.1, 0.15) is 0 Å². The molecule has 0 saturated carbocycles. The summed E-state index contributed by atoms with van der Waals surface area (Å²) in [5.41, 5.74) is 0. The molecule has 2 rings (SSSR count). The highest BCUT2D eigenvalue weighted by molar-refractivity contribution is 8.00. The average molecular weight is 329 g/mol. The number of aliphatic hydroxyl groups is 1. The Labute approximate surface area is 131 Å². The molecule has 0 bridgehead atoms. The minimum atomic E-state index is -0.513. The summed E-state index contributed by atoms with van der Waals surface area (Å²) in [6.45, 7) is 0. The Bertz CT molecular complexity index is 516. The van der Waals surface area contributed by atoms with Gasteiger partial charge in [0.15, 0.2) is 0 Å². The van der Waals surface area contributed by atoms with Gasteiger partial charge >= 0.3 is 0 Å². The Hall–Kier alpha value is -0.680. The molecule has 2 aromatic rings. The summed E-state index contributed by atoms with van der Waals surface area (Å²) in [4.78, 5) is 1.51. The largest absolute Gasteiger partial charge is 0.391 e. The normalized spacial score (nSPS) is 12.3. The van der Waals surface area contributed by atoms with E-state index in [-0.39, 0.29) is 5.82 Å². The van der Waals surface area contributed by atoms with Gasteiger partial charge in [-0.25, -0.2) is 4.39 Å². The molecular formula is C15H14ClFOS2. The van der Waals surface area contributed by atoms with E-state index < -0.39 is 6.10 Å². The fraction of sp³-hybridized carbons (Fsp3) is 0.200. The molecule has 0 fully saturated rings. The second-order valence-electron chi connectivity index (χ2n) is 4.14. The molecule has 1 nitrogen and oxygen atoms in total. The number of hydrogen-bond acceptors (Lipinski definition) is 3. The number of benzene rings is 2. The van der Waals surface area contributed by atoms with Gasteiger partial charge in [0.2, 0.25) is 0 Å². The van der Waals surface area contributed by atoms with Gasteiger partial charge in [-0.1, -0.05) is 35.9 Å². The first kappa shape index (κ1) is 15.7. The van der Waals surface area contributed by atoms with Crippen LogP contribution in [-0.2, 0) is 0 Å². The molecule has 5 heteroatoms. The van der Waals surface area contributed by atoms with E-state index >= 15 is 0 Å². The Morgan fingerprint density at radius 2 is 1.50 bits per heavy atom. The van der Waals surface area contributed by atoms with Crippen LogP contribution < -0.4 is 0 Å². The van der Waals surface area contributed by atoms with Crippen molar-refractivity contribution in [2.24, 2.45) is 0 Å². The number of aliphatic hydroxyl groups excluding tert-OH is 1. The highest BCUT2D eigenvalue weighted by atomic mass is 35.5. The third-order valence-electron chi connectivity index (χ3n) is 2.54. The first-order valence-corrected chi connectivity index (χ1v) is 8.44. The van der Waals surface area contributed by atoms with Crippen LogP contribution in [0.2, 0.25) is 5.02 Å². The van der Waals surface area contributed by atoms with Crippen molar-refractivity contribution in [1.82, 2.24) is 0 Å². The zero-order chi connectivity index (χ0) is 14.4. The first-order chi connectivity index (χ1) is 9.66. The van der Waals surface area contributed by atoms with Crippen LogP contribution in [0.3, 0.4) is 0 Å². The summed E-state index contributed by atoms with van der Waals surface area (Å²) in [5.74, 6) is 0.743. The molecule has 0 aliphatic rings. The molecule has 0 aromatic heterocycles. The minimum absolute atomic E-state index is 0.247. The summed E-state index contributed by atoms with van der Waals surface area (Å²) >= 11 is 8.87. The molecule has 0 aliphatic carbocycles. The predicted molar refractivity (Wildman–Crippen MR) is 85.3 cm³/mol. The molecule has 1 unspecified atom stereocenters. The van der Waals surface area contributed by atoms with Crippen molar-refractivity contribution in [2.75, 3.05) is 11.5 Å². The van der Waals surface area contributed by atoms with Crippen LogP contribution in [0.15, 0.2) is 58.3 Å². The third kappa shape index (κ3) is 4.70. The summed E-state index contributed by atoms with van der Waals surface area (Å²) in [6.07, 6.45) is -0.513. The average Bonchev–Trinajstić information content (AvgIpc) is 2.45. The van der Waals surface area contributed by atoms with Crippen LogP contribution in [0.25, 0.3) is 0 Å². The van der Waals surface area contributed by atoms with Crippen molar-refractivity contribution in [3.63, 3.8) is 0 Å². The lowest BCUT2D eigenvalue weighted by Crippen LogP contribution is -2.13. The van der Waals surface area contributed by atoms with E-state index in [2.05, 4.69) is 0 Å². The van der Waals surface area contributed by atoms with Gasteiger partial charge in [-0.05, 0) is 24.3 Å². The lowest BCUT2D eigenvalue weighted by atomic mass is 10.3. The van der Waals surface area contributed by atoms with Crippen LogP contribution in [0.4, 0.5) is 4.39 Å². The molecule has 0 spiro atoms. The second-order valence-corrected chi connectivity index (χ2v) is 6.67. The number of thioether (sulfide) groups is 2. The Balaban J connectivity index is 1.80. The van der Waals surface area contributed by atoms with Crippen molar-refractivity contribution in [1.29, 1.82) is 0 Å². The molecule has 20 heavy (non-hydrogen) atoms. The number of hydrogen-bond donors (Lipinski definition) is 1. The maximum absolute atomic E-state index is 13.4. The number of halogens is 2. The standard InChI is InChI=1S/C15H14ClFOS2/c16-12-5-1-3-7-14(12)19-9-11(18)10-20-15-8-4-2-6-13(15)17/h1-8,11,18H,9-10H2. The van der Waals surface area contributed by atoms with Crippen LogP contribution in [0, 0.1) is 5.82 Å². The zero-order valence-corrected chi connectivity index (χ0v) is 13.0. The van der Waals surface area contributed by atoms with E-state index in [9.17, 15) is 9.50 Å². The zero-order valence-electron chi connectivity index (χ0n) is 10.6. The lowest BCUT2D eigenvalue weighted by molar-refractivity contribution is 0.225. The molecule has 2 aromatic carbocycles. The van der Waals surface area contributed by atoms with Crippen LogP contribution in [0.5, 0.6) is 0 Å². The van der Waals surface area contributed by atoms with Gasteiger partial charge in [-0.3, -0.25) is 0 Å². The second kappa shape index (κ2) is 7.93. The fourth-order valence-corrected chi connectivity index (χ4v) is 3.73. The van der Waals surface area contributed by atoms with E-state index in [0.717, 1.165) is 4.90 Å².